The molecule has 0 aromatic heterocycles. The van der Waals surface area contributed by atoms with Crippen LogP contribution in [-0.2, 0) is 9.63 Å². The van der Waals surface area contributed by atoms with Crippen molar-refractivity contribution in [2.75, 3.05) is 13.2 Å². The zero-order valence-corrected chi connectivity index (χ0v) is 6.69. The van der Waals surface area contributed by atoms with E-state index in [-0.39, 0.29) is 5.70 Å². The molecule has 1 aliphatic heterocycles. The lowest BCUT2D eigenvalue weighted by atomic mass is 10.3. The highest BCUT2D eigenvalue weighted by molar-refractivity contribution is 5.53. The van der Waals surface area contributed by atoms with Crippen molar-refractivity contribution in [2.45, 2.75) is 12.5 Å². The molecule has 0 amide bonds. The fourth-order valence-corrected chi connectivity index (χ4v) is 1.06. The monoisotopic (exact) mass is 169 g/mol. The molecule has 1 heterocycles. The predicted octanol–water partition coefficient (Wildman–Crippen LogP) is -0.114. The molecule has 0 saturated carbocycles. The first-order chi connectivity index (χ1) is 5.79. The lowest BCUT2D eigenvalue weighted by molar-refractivity contribution is -0.107. The van der Waals surface area contributed by atoms with Crippen LogP contribution in [-0.4, -0.2) is 35.4 Å². The number of hydrogen-bond donors (Lipinski definition) is 1. The minimum Gasteiger partial charge on any atom is -0.386 e. The number of hydrogen-bond acceptors (Lipinski definition) is 4. The molecule has 0 aromatic rings. The van der Waals surface area contributed by atoms with Crippen LogP contribution in [0.15, 0.2) is 18.4 Å². The SMILES string of the molecule is C=CCON1CCC(O)C1=C=O. The van der Waals surface area contributed by atoms with Crippen molar-refractivity contribution >= 4 is 5.94 Å². The Balaban J connectivity index is 2.55. The molecule has 1 aliphatic rings. The van der Waals surface area contributed by atoms with Crippen molar-refractivity contribution in [3.8, 4) is 0 Å². The summed E-state index contributed by atoms with van der Waals surface area (Å²) in [5, 5.41) is 10.6. The first kappa shape index (κ1) is 9.00. The largest absolute Gasteiger partial charge is 0.386 e. The van der Waals surface area contributed by atoms with Crippen LogP contribution < -0.4 is 0 Å². The van der Waals surface area contributed by atoms with Crippen LogP contribution in [0.3, 0.4) is 0 Å². The minimum absolute atomic E-state index is 0.178. The third kappa shape index (κ3) is 1.74. The van der Waals surface area contributed by atoms with Crippen molar-refractivity contribution < 1.29 is 14.7 Å². The fourth-order valence-electron chi connectivity index (χ4n) is 1.06. The Morgan fingerprint density at radius 1 is 1.92 bits per heavy atom. The van der Waals surface area contributed by atoms with E-state index in [4.69, 9.17) is 4.84 Å². The zero-order chi connectivity index (χ0) is 8.97. The Bertz CT molecular complexity index is 220. The van der Waals surface area contributed by atoms with Gasteiger partial charge in [-0.15, -0.1) is 6.58 Å². The van der Waals surface area contributed by atoms with Crippen molar-refractivity contribution in [2.24, 2.45) is 0 Å². The van der Waals surface area contributed by atoms with Crippen LogP contribution >= 0.6 is 0 Å². The van der Waals surface area contributed by atoms with E-state index in [1.807, 2.05) is 0 Å². The van der Waals surface area contributed by atoms with Gasteiger partial charge in [-0.05, 0) is 6.42 Å². The molecule has 0 radical (unpaired) electrons. The second kappa shape index (κ2) is 4.07. The number of carbonyl (C=O) groups excluding carboxylic acids is 1. The maximum Gasteiger partial charge on any atom is 0.153 e. The lowest BCUT2D eigenvalue weighted by Gasteiger charge is -2.15. The number of nitrogens with zero attached hydrogens (tertiary/aromatic N) is 1. The standard InChI is InChI=1S/C8H11NO3/c1-2-5-12-9-4-3-8(11)7(9)6-10/h2,8,11H,1,3-5H2. The summed E-state index contributed by atoms with van der Waals surface area (Å²) in [5.41, 5.74) is 0.178. The molecular formula is C8H11NO3. The molecule has 0 bridgehead atoms. The third-order valence-corrected chi connectivity index (χ3v) is 1.64. The topological polar surface area (TPSA) is 49.8 Å². The summed E-state index contributed by atoms with van der Waals surface area (Å²) < 4.78 is 0. The maximum atomic E-state index is 10.3. The average molecular weight is 169 g/mol. The van der Waals surface area contributed by atoms with Gasteiger partial charge >= 0.3 is 0 Å². The molecule has 4 heteroatoms. The van der Waals surface area contributed by atoms with E-state index in [9.17, 15) is 9.90 Å². The Hall–Kier alpha value is -1.09. The van der Waals surface area contributed by atoms with E-state index >= 15 is 0 Å². The Labute approximate surface area is 70.7 Å². The van der Waals surface area contributed by atoms with Gasteiger partial charge in [-0.25, -0.2) is 9.86 Å². The zero-order valence-electron chi connectivity index (χ0n) is 6.69. The number of aliphatic hydroxyl groups is 1. The third-order valence-electron chi connectivity index (χ3n) is 1.64. The van der Waals surface area contributed by atoms with Gasteiger partial charge in [0.15, 0.2) is 11.6 Å². The van der Waals surface area contributed by atoms with E-state index in [1.54, 1.807) is 12.0 Å². The van der Waals surface area contributed by atoms with E-state index in [0.29, 0.717) is 19.6 Å². The first-order valence-corrected chi connectivity index (χ1v) is 3.74. The Morgan fingerprint density at radius 2 is 2.67 bits per heavy atom. The van der Waals surface area contributed by atoms with Crippen molar-refractivity contribution in [3.05, 3.63) is 18.4 Å². The maximum absolute atomic E-state index is 10.3. The molecule has 1 unspecified atom stereocenters. The summed E-state index contributed by atoms with van der Waals surface area (Å²) in [4.78, 5) is 15.4. The molecule has 0 aliphatic carbocycles. The van der Waals surface area contributed by atoms with Gasteiger partial charge in [0.05, 0.1) is 6.61 Å². The highest BCUT2D eigenvalue weighted by Gasteiger charge is 2.27. The second-order valence-corrected chi connectivity index (χ2v) is 2.48. The van der Waals surface area contributed by atoms with E-state index in [1.165, 1.54) is 5.06 Å². The van der Waals surface area contributed by atoms with Crippen LogP contribution in [0.5, 0.6) is 0 Å². The van der Waals surface area contributed by atoms with Gasteiger partial charge in [0.25, 0.3) is 0 Å². The summed E-state index contributed by atoms with van der Waals surface area (Å²) >= 11 is 0. The molecule has 1 fully saturated rings. The molecule has 1 saturated heterocycles. The summed E-state index contributed by atoms with van der Waals surface area (Å²) in [6.45, 7) is 4.33. The Kier molecular flexibility index (Phi) is 3.05. The van der Waals surface area contributed by atoms with Crippen LogP contribution in [0, 0.1) is 0 Å². The quantitative estimate of drug-likeness (QED) is 0.473. The smallest absolute Gasteiger partial charge is 0.153 e. The second-order valence-electron chi connectivity index (χ2n) is 2.48. The van der Waals surface area contributed by atoms with Crippen molar-refractivity contribution in [1.82, 2.24) is 5.06 Å². The van der Waals surface area contributed by atoms with Gasteiger partial charge in [-0.3, -0.25) is 4.84 Å². The summed E-state index contributed by atoms with van der Waals surface area (Å²) in [7, 11) is 0. The van der Waals surface area contributed by atoms with Crippen LogP contribution in [0.1, 0.15) is 6.42 Å². The van der Waals surface area contributed by atoms with Crippen LogP contribution in [0.25, 0.3) is 0 Å². The molecule has 1 N–H and O–H groups in total. The van der Waals surface area contributed by atoms with Gasteiger partial charge in [0.2, 0.25) is 0 Å². The fraction of sp³-hybridized carbons (Fsp3) is 0.500. The van der Waals surface area contributed by atoms with Crippen molar-refractivity contribution in [1.29, 1.82) is 0 Å². The van der Waals surface area contributed by atoms with Gasteiger partial charge in [0, 0.05) is 6.54 Å². The Morgan fingerprint density at radius 3 is 3.25 bits per heavy atom. The van der Waals surface area contributed by atoms with E-state index in [2.05, 4.69) is 6.58 Å². The first-order valence-electron chi connectivity index (χ1n) is 3.74. The van der Waals surface area contributed by atoms with Gasteiger partial charge < -0.3 is 5.11 Å². The molecule has 1 rings (SSSR count). The van der Waals surface area contributed by atoms with Crippen molar-refractivity contribution in [3.63, 3.8) is 0 Å². The summed E-state index contributed by atoms with van der Waals surface area (Å²) in [6.07, 6.45) is 1.36. The number of aliphatic hydroxyl groups excluding tert-OH is 1. The lowest BCUT2D eigenvalue weighted by Crippen LogP contribution is -2.21. The average Bonchev–Trinajstić information content (AvgIpc) is 2.43. The van der Waals surface area contributed by atoms with E-state index in [0.717, 1.165) is 0 Å². The molecule has 12 heavy (non-hydrogen) atoms. The number of hydroxylamine groups is 2. The van der Waals surface area contributed by atoms with Gasteiger partial charge in [-0.1, -0.05) is 6.08 Å². The summed E-state index contributed by atoms with van der Waals surface area (Å²) in [6, 6.07) is 0. The molecule has 0 aromatic carbocycles. The van der Waals surface area contributed by atoms with Crippen LogP contribution in [0.2, 0.25) is 0 Å². The molecule has 1 atom stereocenters. The normalized spacial score (nSPS) is 22.6. The van der Waals surface area contributed by atoms with Gasteiger partial charge in [0.1, 0.15) is 6.10 Å². The summed E-state index contributed by atoms with van der Waals surface area (Å²) in [5.74, 6) is 1.66. The highest BCUT2D eigenvalue weighted by atomic mass is 16.7. The van der Waals surface area contributed by atoms with Crippen LogP contribution in [0.4, 0.5) is 0 Å². The van der Waals surface area contributed by atoms with Gasteiger partial charge in [-0.2, -0.15) is 0 Å². The molecule has 4 nitrogen and oxygen atoms in total. The number of rotatable bonds is 3. The highest BCUT2D eigenvalue weighted by Crippen LogP contribution is 2.18. The molecule has 66 valence electrons. The van der Waals surface area contributed by atoms with E-state index < -0.39 is 6.10 Å². The predicted molar refractivity (Wildman–Crippen MR) is 42.7 cm³/mol. The molecular weight excluding hydrogens is 158 g/mol. The minimum atomic E-state index is -0.729. The molecule has 0 spiro atoms.